The molecule has 9 heteroatoms. The maximum absolute atomic E-state index is 12.3. The number of alkyl halides is 3. The van der Waals surface area contributed by atoms with Crippen LogP contribution in [0.2, 0.25) is 0 Å². The minimum atomic E-state index is -4.51. The molecule has 0 aliphatic rings. The quantitative estimate of drug-likeness (QED) is 0.877. The van der Waals surface area contributed by atoms with Crippen molar-refractivity contribution < 1.29 is 27.8 Å². The van der Waals surface area contributed by atoms with E-state index in [0.717, 1.165) is 6.07 Å². The van der Waals surface area contributed by atoms with Crippen LogP contribution < -0.4 is 10.5 Å². The van der Waals surface area contributed by atoms with Crippen molar-refractivity contribution in [2.45, 2.75) is 12.2 Å². The molecule has 1 aromatic heterocycles. The highest BCUT2D eigenvalue weighted by atomic mass is 79.9. The second-order valence-corrected chi connectivity index (χ2v) is 4.12. The Kier molecular flexibility index (Phi) is 4.52. The molecular formula is C9H8BrF3N2O3. The van der Waals surface area contributed by atoms with Gasteiger partial charge < -0.3 is 15.6 Å². The fraction of sp³-hybridized carbons (Fsp3) is 0.333. The maximum Gasteiger partial charge on any atom is 0.417 e. The van der Waals surface area contributed by atoms with Crippen molar-refractivity contribution in [1.82, 2.24) is 4.98 Å². The number of carbonyl (C=O) groups is 1. The van der Waals surface area contributed by atoms with E-state index in [4.69, 9.17) is 15.6 Å². The second-order valence-electron chi connectivity index (χ2n) is 3.26. The standard InChI is InChI=1S/C9H8BrF3N2O3/c10-5-1-4(9(11,12)13)2-15-7(5)18-3-6(14)8(16)17/h1-2,6H,3,14H2,(H,16,17). The second kappa shape index (κ2) is 5.53. The van der Waals surface area contributed by atoms with Crippen LogP contribution in [0.15, 0.2) is 16.7 Å². The van der Waals surface area contributed by atoms with E-state index in [-0.39, 0.29) is 10.4 Å². The van der Waals surface area contributed by atoms with Crippen LogP contribution in [0.25, 0.3) is 0 Å². The van der Waals surface area contributed by atoms with Crippen molar-refractivity contribution in [2.75, 3.05) is 6.61 Å². The van der Waals surface area contributed by atoms with Gasteiger partial charge in [0, 0.05) is 6.20 Å². The third-order valence-electron chi connectivity index (χ3n) is 1.85. The first-order chi connectivity index (χ1) is 8.21. The first kappa shape index (κ1) is 14.7. The molecule has 1 rings (SSSR count). The molecule has 1 heterocycles. The average molecular weight is 329 g/mol. The maximum atomic E-state index is 12.3. The Bertz CT molecular complexity index is 453. The zero-order valence-corrected chi connectivity index (χ0v) is 10.3. The molecule has 0 radical (unpaired) electrons. The molecule has 5 nitrogen and oxygen atoms in total. The van der Waals surface area contributed by atoms with Crippen LogP contribution in [0.4, 0.5) is 13.2 Å². The van der Waals surface area contributed by atoms with Gasteiger partial charge in [-0.05, 0) is 22.0 Å². The Hall–Kier alpha value is -1.35. The predicted octanol–water partition coefficient (Wildman–Crippen LogP) is 1.65. The van der Waals surface area contributed by atoms with Gasteiger partial charge in [-0.1, -0.05) is 0 Å². The average Bonchev–Trinajstić information content (AvgIpc) is 2.25. The lowest BCUT2D eigenvalue weighted by molar-refractivity contribution is -0.139. The number of halogens is 4. The summed E-state index contributed by atoms with van der Waals surface area (Å²) in [6, 6.07) is -0.491. The lowest BCUT2D eigenvalue weighted by Crippen LogP contribution is -2.36. The number of nitrogens with zero attached hydrogens (tertiary/aromatic N) is 1. The molecule has 100 valence electrons. The molecule has 0 saturated carbocycles. The van der Waals surface area contributed by atoms with Crippen molar-refractivity contribution in [3.63, 3.8) is 0 Å². The minimum Gasteiger partial charge on any atom is -0.480 e. The van der Waals surface area contributed by atoms with E-state index in [9.17, 15) is 18.0 Å². The van der Waals surface area contributed by atoms with Gasteiger partial charge in [0.25, 0.3) is 0 Å². The first-order valence-electron chi connectivity index (χ1n) is 4.55. The number of carboxylic acids is 1. The zero-order chi connectivity index (χ0) is 13.9. The van der Waals surface area contributed by atoms with Crippen LogP contribution in [0, 0.1) is 0 Å². The molecule has 18 heavy (non-hydrogen) atoms. The van der Waals surface area contributed by atoms with Gasteiger partial charge in [0.1, 0.15) is 12.6 Å². The largest absolute Gasteiger partial charge is 0.480 e. The number of aromatic nitrogens is 1. The molecule has 0 spiro atoms. The Morgan fingerprint density at radius 3 is 2.67 bits per heavy atom. The molecule has 3 N–H and O–H groups in total. The summed E-state index contributed by atoms with van der Waals surface area (Å²) in [7, 11) is 0. The summed E-state index contributed by atoms with van der Waals surface area (Å²) in [5, 5.41) is 8.49. The minimum absolute atomic E-state index is 0.0325. The van der Waals surface area contributed by atoms with E-state index >= 15 is 0 Å². The Morgan fingerprint density at radius 1 is 1.61 bits per heavy atom. The number of rotatable bonds is 4. The zero-order valence-electron chi connectivity index (χ0n) is 8.74. The molecule has 0 aliphatic carbocycles. The van der Waals surface area contributed by atoms with E-state index in [2.05, 4.69) is 20.9 Å². The Balaban J connectivity index is 2.78. The third kappa shape index (κ3) is 3.84. The van der Waals surface area contributed by atoms with Gasteiger partial charge in [-0.25, -0.2) is 4.98 Å². The number of hydrogen-bond acceptors (Lipinski definition) is 4. The first-order valence-corrected chi connectivity index (χ1v) is 5.35. The van der Waals surface area contributed by atoms with E-state index in [1.54, 1.807) is 0 Å². The SMILES string of the molecule is NC(COc1ncc(C(F)(F)F)cc1Br)C(=O)O. The van der Waals surface area contributed by atoms with Gasteiger partial charge in [0.05, 0.1) is 10.0 Å². The summed E-state index contributed by atoms with van der Waals surface area (Å²) in [4.78, 5) is 13.8. The van der Waals surface area contributed by atoms with Crippen LogP contribution in [-0.4, -0.2) is 28.7 Å². The van der Waals surface area contributed by atoms with Gasteiger partial charge in [0.15, 0.2) is 0 Å². The monoisotopic (exact) mass is 328 g/mol. The molecule has 0 bridgehead atoms. The molecular weight excluding hydrogens is 321 g/mol. The molecule has 0 aliphatic heterocycles. The summed E-state index contributed by atoms with van der Waals surface area (Å²) in [5.74, 6) is -1.43. The van der Waals surface area contributed by atoms with Crippen LogP contribution >= 0.6 is 15.9 Å². The summed E-state index contributed by atoms with van der Waals surface area (Å²) in [5.41, 5.74) is 4.23. The van der Waals surface area contributed by atoms with E-state index in [1.165, 1.54) is 0 Å². The summed E-state index contributed by atoms with van der Waals surface area (Å²) in [6.45, 7) is -0.397. The number of carboxylic acid groups (broad SMARTS) is 1. The van der Waals surface area contributed by atoms with Crippen LogP contribution in [0.1, 0.15) is 5.56 Å². The fourth-order valence-corrected chi connectivity index (χ4v) is 1.39. The van der Waals surface area contributed by atoms with Crippen LogP contribution in [-0.2, 0) is 11.0 Å². The number of pyridine rings is 1. The number of aliphatic carboxylic acids is 1. The summed E-state index contributed by atoms with van der Waals surface area (Å²) < 4.78 is 41.8. The summed E-state index contributed by atoms with van der Waals surface area (Å²) in [6.07, 6.45) is -3.92. The fourth-order valence-electron chi connectivity index (χ4n) is 0.927. The van der Waals surface area contributed by atoms with E-state index in [0.29, 0.717) is 6.20 Å². The molecule has 0 aromatic carbocycles. The van der Waals surface area contributed by atoms with Gasteiger partial charge in [0.2, 0.25) is 5.88 Å². The van der Waals surface area contributed by atoms with Crippen molar-refractivity contribution in [3.05, 3.63) is 22.3 Å². The molecule has 0 amide bonds. The number of nitrogens with two attached hydrogens (primary N) is 1. The van der Waals surface area contributed by atoms with Crippen LogP contribution in [0.5, 0.6) is 5.88 Å². The highest BCUT2D eigenvalue weighted by Crippen LogP contribution is 2.33. The van der Waals surface area contributed by atoms with Gasteiger partial charge in [-0.2, -0.15) is 13.2 Å². The Morgan fingerprint density at radius 2 is 2.22 bits per heavy atom. The van der Waals surface area contributed by atoms with E-state index in [1.807, 2.05) is 0 Å². The third-order valence-corrected chi connectivity index (χ3v) is 2.42. The van der Waals surface area contributed by atoms with Crippen molar-refractivity contribution in [3.8, 4) is 5.88 Å². The number of ether oxygens (including phenoxy) is 1. The van der Waals surface area contributed by atoms with Gasteiger partial charge in [-0.3, -0.25) is 4.79 Å². The van der Waals surface area contributed by atoms with Crippen molar-refractivity contribution >= 4 is 21.9 Å². The van der Waals surface area contributed by atoms with Gasteiger partial charge >= 0.3 is 12.1 Å². The van der Waals surface area contributed by atoms with Crippen molar-refractivity contribution in [2.24, 2.45) is 5.73 Å². The normalized spacial score (nSPS) is 13.2. The van der Waals surface area contributed by atoms with E-state index < -0.39 is 30.4 Å². The lowest BCUT2D eigenvalue weighted by atomic mass is 10.3. The molecule has 1 aromatic rings. The summed E-state index contributed by atoms with van der Waals surface area (Å²) >= 11 is 2.85. The lowest BCUT2D eigenvalue weighted by Gasteiger charge is -2.11. The van der Waals surface area contributed by atoms with Gasteiger partial charge in [-0.15, -0.1) is 0 Å². The van der Waals surface area contributed by atoms with Crippen molar-refractivity contribution in [1.29, 1.82) is 0 Å². The number of hydrogen-bond donors (Lipinski definition) is 2. The molecule has 0 saturated heterocycles. The molecule has 1 unspecified atom stereocenters. The highest BCUT2D eigenvalue weighted by molar-refractivity contribution is 9.10. The Labute approximate surface area is 108 Å². The smallest absolute Gasteiger partial charge is 0.417 e. The highest BCUT2D eigenvalue weighted by Gasteiger charge is 2.31. The van der Waals surface area contributed by atoms with Crippen LogP contribution in [0.3, 0.4) is 0 Å². The molecule has 1 atom stereocenters. The predicted molar refractivity (Wildman–Crippen MR) is 58.0 cm³/mol. The topological polar surface area (TPSA) is 85.4 Å². The molecule has 0 fully saturated rings.